The maximum absolute atomic E-state index is 12.9. The standard InChI is InChI=1S/C21H27N3O3/c22-19(25)17-8-4-7-15-13-24(21(27)18(15)17)16-9-11-23(12-10-16)20(26)14-5-2-1-3-6-14/h4,7-8,14,16H,1-3,5-6,9-13H2,(H2,22,25). The van der Waals surface area contributed by atoms with Crippen molar-refractivity contribution in [2.75, 3.05) is 13.1 Å². The summed E-state index contributed by atoms with van der Waals surface area (Å²) in [7, 11) is 0. The minimum atomic E-state index is -0.560. The minimum Gasteiger partial charge on any atom is -0.366 e. The maximum atomic E-state index is 12.9. The van der Waals surface area contributed by atoms with E-state index in [4.69, 9.17) is 5.73 Å². The molecule has 0 spiro atoms. The highest BCUT2D eigenvalue weighted by molar-refractivity contribution is 6.09. The molecule has 1 aromatic rings. The molecule has 2 aliphatic heterocycles. The molecule has 1 saturated heterocycles. The van der Waals surface area contributed by atoms with Crippen LogP contribution in [0.2, 0.25) is 0 Å². The summed E-state index contributed by atoms with van der Waals surface area (Å²) in [4.78, 5) is 41.2. The first-order valence-corrected chi connectivity index (χ1v) is 10.1. The summed E-state index contributed by atoms with van der Waals surface area (Å²) in [5.41, 5.74) is 7.09. The molecule has 6 nitrogen and oxygen atoms in total. The predicted molar refractivity (Wildman–Crippen MR) is 101 cm³/mol. The molecule has 2 fully saturated rings. The SMILES string of the molecule is NC(=O)c1cccc2c1C(=O)N(C1CCN(C(=O)C3CCCCC3)CC1)C2. The van der Waals surface area contributed by atoms with Gasteiger partial charge in [0.25, 0.3) is 5.91 Å². The van der Waals surface area contributed by atoms with Gasteiger partial charge in [0, 0.05) is 31.6 Å². The van der Waals surface area contributed by atoms with Crippen LogP contribution < -0.4 is 5.73 Å². The Morgan fingerprint density at radius 1 is 1.00 bits per heavy atom. The fourth-order valence-corrected chi connectivity index (χ4v) is 4.89. The number of piperidine rings is 1. The molecule has 2 heterocycles. The summed E-state index contributed by atoms with van der Waals surface area (Å²) in [5, 5.41) is 0. The molecule has 0 radical (unpaired) electrons. The van der Waals surface area contributed by atoms with Gasteiger partial charge in [-0.25, -0.2) is 0 Å². The zero-order chi connectivity index (χ0) is 19.0. The Labute approximate surface area is 159 Å². The molecule has 1 aliphatic carbocycles. The van der Waals surface area contributed by atoms with Crippen molar-refractivity contribution in [3.8, 4) is 0 Å². The van der Waals surface area contributed by atoms with E-state index in [1.54, 1.807) is 12.1 Å². The zero-order valence-electron chi connectivity index (χ0n) is 15.7. The van der Waals surface area contributed by atoms with Crippen molar-refractivity contribution in [1.82, 2.24) is 9.80 Å². The first-order chi connectivity index (χ1) is 13.1. The Morgan fingerprint density at radius 2 is 1.70 bits per heavy atom. The van der Waals surface area contributed by atoms with E-state index in [0.717, 1.165) is 44.1 Å². The van der Waals surface area contributed by atoms with Crippen LogP contribution in [-0.4, -0.2) is 46.7 Å². The Balaban J connectivity index is 1.40. The third-order valence-electron chi connectivity index (χ3n) is 6.40. The molecule has 0 bridgehead atoms. The third kappa shape index (κ3) is 3.33. The zero-order valence-corrected chi connectivity index (χ0v) is 15.7. The Morgan fingerprint density at radius 3 is 2.37 bits per heavy atom. The summed E-state index contributed by atoms with van der Waals surface area (Å²) in [5.74, 6) is -0.155. The lowest BCUT2D eigenvalue weighted by Crippen LogP contribution is -2.48. The lowest BCUT2D eigenvalue weighted by Gasteiger charge is -2.38. The average molecular weight is 369 g/mol. The molecule has 0 unspecified atom stereocenters. The lowest BCUT2D eigenvalue weighted by atomic mass is 9.87. The molecule has 4 rings (SSSR count). The van der Waals surface area contributed by atoms with Crippen LogP contribution in [0.15, 0.2) is 18.2 Å². The quantitative estimate of drug-likeness (QED) is 0.887. The van der Waals surface area contributed by atoms with E-state index in [9.17, 15) is 14.4 Å². The van der Waals surface area contributed by atoms with Crippen molar-refractivity contribution in [1.29, 1.82) is 0 Å². The van der Waals surface area contributed by atoms with Crippen LogP contribution in [0.25, 0.3) is 0 Å². The van der Waals surface area contributed by atoms with Crippen LogP contribution >= 0.6 is 0 Å². The molecule has 0 atom stereocenters. The molecule has 1 aromatic carbocycles. The number of benzene rings is 1. The first-order valence-electron chi connectivity index (χ1n) is 10.1. The highest BCUT2D eigenvalue weighted by atomic mass is 16.2. The van der Waals surface area contributed by atoms with E-state index in [1.807, 2.05) is 15.9 Å². The second-order valence-corrected chi connectivity index (χ2v) is 8.03. The number of rotatable bonds is 3. The molecular formula is C21H27N3O3. The number of nitrogens with zero attached hydrogens (tertiary/aromatic N) is 2. The molecule has 0 aromatic heterocycles. The van der Waals surface area contributed by atoms with Gasteiger partial charge in [0.2, 0.25) is 11.8 Å². The monoisotopic (exact) mass is 369 g/mol. The molecular weight excluding hydrogens is 342 g/mol. The van der Waals surface area contributed by atoms with Crippen LogP contribution in [0.1, 0.15) is 71.2 Å². The topological polar surface area (TPSA) is 83.7 Å². The van der Waals surface area contributed by atoms with Gasteiger partial charge in [-0.2, -0.15) is 0 Å². The van der Waals surface area contributed by atoms with Crippen LogP contribution in [0.3, 0.4) is 0 Å². The van der Waals surface area contributed by atoms with Crippen LogP contribution in [-0.2, 0) is 11.3 Å². The summed E-state index contributed by atoms with van der Waals surface area (Å²) < 4.78 is 0. The van der Waals surface area contributed by atoms with Gasteiger partial charge >= 0.3 is 0 Å². The van der Waals surface area contributed by atoms with E-state index in [1.165, 1.54) is 6.42 Å². The molecule has 2 N–H and O–H groups in total. The van der Waals surface area contributed by atoms with Crippen LogP contribution in [0.4, 0.5) is 0 Å². The second kappa shape index (κ2) is 7.33. The van der Waals surface area contributed by atoms with Gasteiger partial charge in [-0.1, -0.05) is 31.4 Å². The smallest absolute Gasteiger partial charge is 0.255 e. The molecule has 3 aliphatic rings. The lowest BCUT2D eigenvalue weighted by molar-refractivity contribution is -0.138. The fraction of sp³-hybridized carbons (Fsp3) is 0.571. The van der Waals surface area contributed by atoms with Gasteiger partial charge in [-0.3, -0.25) is 14.4 Å². The van der Waals surface area contributed by atoms with E-state index >= 15 is 0 Å². The first kappa shape index (κ1) is 18.0. The van der Waals surface area contributed by atoms with E-state index in [-0.39, 0.29) is 17.9 Å². The Kier molecular flexibility index (Phi) is 4.89. The van der Waals surface area contributed by atoms with Gasteiger partial charge in [-0.05, 0) is 37.3 Å². The normalized spacial score (nSPS) is 21.4. The van der Waals surface area contributed by atoms with E-state index in [0.29, 0.717) is 36.7 Å². The van der Waals surface area contributed by atoms with Crippen molar-refractivity contribution in [3.05, 3.63) is 34.9 Å². The molecule has 6 heteroatoms. The maximum Gasteiger partial charge on any atom is 0.255 e. The van der Waals surface area contributed by atoms with E-state index < -0.39 is 5.91 Å². The Hall–Kier alpha value is -2.37. The van der Waals surface area contributed by atoms with Gasteiger partial charge in [0.05, 0.1) is 11.1 Å². The average Bonchev–Trinajstić information content (AvgIpc) is 3.05. The van der Waals surface area contributed by atoms with Crippen molar-refractivity contribution >= 4 is 17.7 Å². The predicted octanol–water partition coefficient (Wildman–Crippen LogP) is 2.31. The minimum absolute atomic E-state index is 0.101. The number of hydrogen-bond donors (Lipinski definition) is 1. The summed E-state index contributed by atoms with van der Waals surface area (Å²) >= 11 is 0. The second-order valence-electron chi connectivity index (χ2n) is 8.03. The number of likely N-dealkylation sites (tertiary alicyclic amines) is 1. The molecule has 27 heavy (non-hydrogen) atoms. The summed E-state index contributed by atoms with van der Waals surface area (Å²) in [6.45, 7) is 1.95. The number of carbonyl (C=O) groups is 3. The van der Waals surface area contributed by atoms with Gasteiger partial charge in [0.1, 0.15) is 0 Å². The number of hydrogen-bond acceptors (Lipinski definition) is 3. The number of carbonyl (C=O) groups excluding carboxylic acids is 3. The number of fused-ring (bicyclic) bond motifs is 1. The summed E-state index contributed by atoms with van der Waals surface area (Å²) in [6, 6.07) is 5.40. The van der Waals surface area contributed by atoms with Crippen molar-refractivity contribution < 1.29 is 14.4 Å². The van der Waals surface area contributed by atoms with E-state index in [2.05, 4.69) is 0 Å². The molecule has 1 saturated carbocycles. The highest BCUT2D eigenvalue weighted by Gasteiger charge is 2.38. The molecule has 3 amide bonds. The van der Waals surface area contributed by atoms with Gasteiger partial charge in [0.15, 0.2) is 0 Å². The number of nitrogens with two attached hydrogens (primary N) is 1. The van der Waals surface area contributed by atoms with Crippen LogP contribution in [0, 0.1) is 5.92 Å². The fourth-order valence-electron chi connectivity index (χ4n) is 4.89. The van der Waals surface area contributed by atoms with Gasteiger partial charge < -0.3 is 15.5 Å². The number of amides is 3. The van der Waals surface area contributed by atoms with Gasteiger partial charge in [-0.15, -0.1) is 0 Å². The number of primary amides is 1. The highest BCUT2D eigenvalue weighted by Crippen LogP contribution is 2.32. The van der Waals surface area contributed by atoms with Crippen LogP contribution in [0.5, 0.6) is 0 Å². The Bertz CT molecular complexity index is 762. The summed E-state index contributed by atoms with van der Waals surface area (Å²) in [6.07, 6.45) is 7.21. The van der Waals surface area contributed by atoms with Crippen molar-refractivity contribution in [2.24, 2.45) is 11.7 Å². The van der Waals surface area contributed by atoms with Crippen molar-refractivity contribution in [3.63, 3.8) is 0 Å². The largest absolute Gasteiger partial charge is 0.366 e. The van der Waals surface area contributed by atoms with Crippen molar-refractivity contribution in [2.45, 2.75) is 57.5 Å². The third-order valence-corrected chi connectivity index (χ3v) is 6.40. The molecule has 144 valence electrons.